The molecule has 0 saturated heterocycles. The van der Waals surface area contributed by atoms with Crippen LogP contribution in [-0.2, 0) is 95.9 Å². The molecule has 0 fully saturated rings. The van der Waals surface area contributed by atoms with Crippen LogP contribution < -0.4 is 42.2 Å². The van der Waals surface area contributed by atoms with Gasteiger partial charge in [-0.25, -0.2) is 39.0 Å². The average molecular weight is 1870 g/mol. The number of carbonyl (C=O) groups is 3. The summed E-state index contributed by atoms with van der Waals surface area (Å²) in [6.45, 7) is 10.9. The Balaban J connectivity index is 0.000000188. The molecule has 0 unspecified atom stereocenters. The Morgan fingerprint density at radius 1 is 0.429 bits per heavy atom. The zero-order chi connectivity index (χ0) is 85.5. The number of para-hydroxylation sites is 2. The van der Waals surface area contributed by atoms with E-state index in [4.69, 9.17) is 50.9 Å². The third-order valence-corrected chi connectivity index (χ3v) is 21.5. The van der Waals surface area contributed by atoms with Gasteiger partial charge in [0.25, 0.3) is 0 Å². The van der Waals surface area contributed by atoms with Gasteiger partial charge in [0.2, 0.25) is 17.7 Å². The predicted octanol–water partition coefficient (Wildman–Crippen LogP) is 11.6. The summed E-state index contributed by atoms with van der Waals surface area (Å²) in [5.74, 6) is 1.85. The van der Waals surface area contributed by atoms with Crippen LogP contribution in [0.5, 0.6) is 34.5 Å². The van der Waals surface area contributed by atoms with Gasteiger partial charge in [0.05, 0.1) is 108 Å². The molecule has 38 heteroatoms. The number of phenolic OH excluding ortho intramolecular Hbond substituents is 4. The normalized spacial score (nSPS) is 11.7. The fourth-order valence-electron chi connectivity index (χ4n) is 13.4. The maximum absolute atomic E-state index is 11.7. The van der Waals surface area contributed by atoms with Crippen molar-refractivity contribution in [3.63, 3.8) is 0 Å². The molecule has 17 N–H and O–H groups in total. The zero-order valence-electron chi connectivity index (χ0n) is 65.9. The molecule has 0 bridgehead atoms. The number of nitrogens with zero attached hydrogens (tertiary/aromatic N) is 9. The monoisotopic (exact) mass is 1870 g/mol. The van der Waals surface area contributed by atoms with Gasteiger partial charge in [-0.2, -0.15) is 0 Å². The van der Waals surface area contributed by atoms with Gasteiger partial charge in [-0.1, -0.05) is 130 Å². The molecule has 0 aliphatic heterocycles. The van der Waals surface area contributed by atoms with Gasteiger partial charge in [0.15, 0.2) is 40.5 Å². The van der Waals surface area contributed by atoms with Gasteiger partial charge < -0.3 is 90.5 Å². The van der Waals surface area contributed by atoms with E-state index in [1.165, 1.54) is 24.3 Å². The van der Waals surface area contributed by atoms with E-state index in [1.54, 1.807) is 30.3 Å². The van der Waals surface area contributed by atoms with Crippen molar-refractivity contribution in [1.82, 2.24) is 59.6 Å². The Labute approximate surface area is 710 Å². The number of amides is 3. The number of anilines is 3. The molecule has 6 aromatic carbocycles. The molecule has 0 spiro atoms. The van der Waals surface area contributed by atoms with Crippen LogP contribution in [0.15, 0.2) is 109 Å². The number of alkyl halides is 3. The number of hydrogen-bond acceptors (Lipinski definition) is 23. The summed E-state index contributed by atoms with van der Waals surface area (Å²) < 4.78 is 55.7. The van der Waals surface area contributed by atoms with Gasteiger partial charge in [-0.3, -0.25) is 34.0 Å². The van der Waals surface area contributed by atoms with Crippen LogP contribution in [0.1, 0.15) is 110 Å². The number of benzene rings is 6. The maximum Gasteiger partial charge on any atom is 0.524 e. The number of phosphoric acid groups is 2. The van der Waals surface area contributed by atoms with Gasteiger partial charge in [0.1, 0.15) is 45.5 Å². The van der Waals surface area contributed by atoms with Crippen molar-refractivity contribution < 1.29 is 86.8 Å². The van der Waals surface area contributed by atoms with Crippen molar-refractivity contribution in [2.75, 3.05) is 92.5 Å². The quantitative estimate of drug-likeness (QED) is 0.00734. The highest BCUT2D eigenvalue weighted by Crippen LogP contribution is 2.46. The molecule has 3 amide bonds. The largest absolute Gasteiger partial charge is 0.524 e. The molecule has 0 atom stereocenters. The van der Waals surface area contributed by atoms with E-state index in [1.807, 2.05) is 57.7 Å². The molecule has 0 saturated carbocycles. The SMILES string of the molecule is CCCCc1nc2c(N)nc3ccc(CCOCCNC(=O)CBr)cc3c2n1Cc1cc(O)ccc1O.CCCCc1nc2c(N)nc3ccc(CCOCCNC(=O)CBr)cc3c2n1Cc1cccc(O)c1OP(=O)(O)O.CCCCc1nc2c(N)nc3ccc(CCOCCNC(=O)CBr)cc3c2n1Cc1cccc(OP(=O)(O)O)c1O. The van der Waals surface area contributed by atoms with Crippen LogP contribution in [0.2, 0.25) is 0 Å². The number of rotatable bonds is 40. The Kier molecular flexibility index (Phi) is 33.4. The Morgan fingerprint density at radius 2 is 0.798 bits per heavy atom. The van der Waals surface area contributed by atoms with Crippen molar-refractivity contribution in [2.24, 2.45) is 0 Å². The Morgan fingerprint density at radius 3 is 1.18 bits per heavy atom. The summed E-state index contributed by atoms with van der Waals surface area (Å²) in [4.78, 5) is 99.6. The number of imidazole rings is 3. The smallest absolute Gasteiger partial charge is 0.508 e. The fourth-order valence-corrected chi connectivity index (χ4v) is 14.8. The number of fused-ring (bicyclic) bond motifs is 9. The molecular weight excluding hydrogens is 1770 g/mol. The predicted molar refractivity (Wildman–Crippen MR) is 467 cm³/mol. The zero-order valence-corrected chi connectivity index (χ0v) is 72.5. The number of ether oxygens (including phenoxy) is 3. The first kappa shape index (κ1) is 91.5. The highest BCUT2D eigenvalue weighted by Gasteiger charge is 2.27. The number of halogens is 3. The number of aromatic nitrogens is 9. The number of pyridine rings is 3. The van der Waals surface area contributed by atoms with Crippen LogP contribution >= 0.6 is 63.4 Å². The Bertz CT molecular complexity index is 5670. The second kappa shape index (κ2) is 43.4. The number of carbonyl (C=O) groups excluding carboxylic acids is 3. The minimum atomic E-state index is -4.94. The summed E-state index contributed by atoms with van der Waals surface area (Å²) in [6.07, 6.45) is 9.58. The lowest BCUT2D eigenvalue weighted by Gasteiger charge is -2.16. The van der Waals surface area contributed by atoms with Crippen molar-refractivity contribution in [1.29, 1.82) is 0 Å². The summed E-state index contributed by atoms with van der Waals surface area (Å²) in [6, 6.07) is 31.3. The van der Waals surface area contributed by atoms with E-state index in [2.05, 4.69) is 115 Å². The third kappa shape index (κ3) is 24.9. The minimum absolute atomic E-state index is 0.0668. The third-order valence-electron chi connectivity index (χ3n) is 19.1. The lowest BCUT2D eigenvalue weighted by molar-refractivity contribution is -0.119. The van der Waals surface area contributed by atoms with Crippen molar-refractivity contribution in [3.8, 4) is 34.5 Å². The van der Waals surface area contributed by atoms with Crippen LogP contribution in [0, 0.1) is 0 Å². The van der Waals surface area contributed by atoms with E-state index < -0.39 is 15.6 Å². The average Bonchev–Trinajstić information content (AvgIpc) is 1.62. The first-order valence-electron chi connectivity index (χ1n) is 38.7. The van der Waals surface area contributed by atoms with E-state index in [0.717, 1.165) is 117 Å². The van der Waals surface area contributed by atoms with Gasteiger partial charge >= 0.3 is 15.6 Å². The standard InChI is InChI=1S/2C27H33BrN5O7P.C27H32BrN5O4/c1-2-3-7-22-32-24-25(33(22)16-18-5-4-6-21(26(18)35)40-41(36,37)38)19-14-17(8-9-20(19)31-27(24)29)10-12-39-13-11-30-23(34)15-28;1-2-3-7-22-32-24-25(33(22)16-18-5-4-6-21(34)26(18)40-41(36,37)38)19-14-17(8-9-20(19)31-27(24)29)10-12-39-13-11-30-23(35)15-28;1-2-3-4-23-32-25-26(33(23)16-18-14-19(34)6-8-22(18)35)20-13-17(5-7-21(20)31-27(25)29)9-11-37-12-10-30-24(36)15-28/h4-6,8-9,14,35H,2-3,7,10-13,15-16H2,1H3,(H2,29,31)(H,30,34)(H2,36,37,38);4-6,8-9,14,34H,2-3,7,10-13,15-16H2,1H3,(H2,29,31)(H,30,35)(H2,36,37,38);5-8,13-14,34-35H,2-4,9-12,15-16H2,1H3,(H2,29,31)(H,30,36). The molecule has 0 aliphatic rings. The minimum Gasteiger partial charge on any atom is -0.508 e. The van der Waals surface area contributed by atoms with Gasteiger partial charge in [-0.05, 0) is 122 Å². The molecule has 12 rings (SSSR count). The van der Waals surface area contributed by atoms with Crippen LogP contribution in [0.3, 0.4) is 0 Å². The molecule has 6 aromatic heterocycles. The number of nitrogen functional groups attached to an aromatic ring is 3. The summed E-state index contributed by atoms with van der Waals surface area (Å²) >= 11 is 9.33. The molecule has 636 valence electrons. The van der Waals surface area contributed by atoms with Crippen LogP contribution in [-0.4, -0.2) is 177 Å². The highest BCUT2D eigenvalue weighted by molar-refractivity contribution is 9.09. The Hall–Kier alpha value is -9.81. The fraction of sp³-hybridized carbons (Fsp3) is 0.370. The van der Waals surface area contributed by atoms with Crippen LogP contribution in [0.25, 0.3) is 65.8 Å². The van der Waals surface area contributed by atoms with E-state index in [0.29, 0.717) is 148 Å². The van der Waals surface area contributed by atoms with Crippen molar-refractivity contribution in [2.45, 2.75) is 117 Å². The molecule has 0 aliphatic carbocycles. The second-order valence-electron chi connectivity index (χ2n) is 27.8. The van der Waals surface area contributed by atoms with Crippen molar-refractivity contribution in [3.05, 3.63) is 160 Å². The van der Waals surface area contributed by atoms with Gasteiger partial charge in [0, 0.05) is 71.7 Å². The lowest BCUT2D eigenvalue weighted by atomic mass is 10.1. The molecule has 33 nitrogen and oxygen atoms in total. The molecule has 6 heterocycles. The summed E-state index contributed by atoms with van der Waals surface area (Å²) in [5, 5.41) is 53.2. The number of hydrogen-bond donors (Lipinski definition) is 14. The van der Waals surface area contributed by atoms with E-state index in [-0.39, 0.29) is 92.9 Å². The molecule has 0 radical (unpaired) electrons. The summed E-state index contributed by atoms with van der Waals surface area (Å²) in [5.41, 5.74) is 29.6. The first-order chi connectivity index (χ1) is 57.1. The number of phenols is 4. The first-order valence-corrected chi connectivity index (χ1v) is 45.1. The highest BCUT2D eigenvalue weighted by atomic mass is 79.9. The molecule has 12 aromatic rings. The maximum atomic E-state index is 11.7. The number of phosphoric ester groups is 2. The summed E-state index contributed by atoms with van der Waals surface area (Å²) in [7, 11) is -9.81. The molecular formula is C81H98Br3N15O18P2. The van der Waals surface area contributed by atoms with E-state index >= 15 is 0 Å². The van der Waals surface area contributed by atoms with Gasteiger partial charge in [-0.15, -0.1) is 0 Å². The topological polar surface area (TPSA) is 500 Å². The molecule has 119 heavy (non-hydrogen) atoms. The number of unbranched alkanes of at least 4 members (excludes halogenated alkanes) is 3. The lowest BCUT2D eigenvalue weighted by Crippen LogP contribution is -2.28. The number of aryl methyl sites for hydroxylation is 3. The second-order valence-corrected chi connectivity index (χ2v) is 31.8. The number of nitrogens with two attached hydrogens (primary N) is 3. The number of nitrogens with one attached hydrogen (secondary N) is 3. The number of aromatic hydroxyl groups is 4. The van der Waals surface area contributed by atoms with Crippen LogP contribution in [0.4, 0.5) is 17.5 Å². The van der Waals surface area contributed by atoms with E-state index in [9.17, 15) is 63.5 Å². The van der Waals surface area contributed by atoms with Crippen molar-refractivity contribution >= 4 is 164 Å².